The quantitative estimate of drug-likeness (QED) is 0.105. The highest BCUT2D eigenvalue weighted by atomic mass is 16.5. The van der Waals surface area contributed by atoms with Crippen molar-refractivity contribution in [2.75, 3.05) is 79.5 Å². The van der Waals surface area contributed by atoms with Gasteiger partial charge in [0.05, 0.1) is 18.7 Å². The fraction of sp³-hybridized carbons (Fsp3) is 0.327. The third kappa shape index (κ3) is 8.86. The number of hydrogen-bond acceptors (Lipinski definition) is 10. The van der Waals surface area contributed by atoms with Gasteiger partial charge in [-0.1, -0.05) is 54.6 Å². The number of imide groups is 1. The zero-order chi connectivity index (χ0) is 46.2. The van der Waals surface area contributed by atoms with Gasteiger partial charge in [0.2, 0.25) is 5.91 Å². The first kappa shape index (κ1) is 43.5. The molecule has 3 saturated heterocycles. The van der Waals surface area contributed by atoms with Crippen LogP contribution in [0.5, 0.6) is 5.75 Å². The molecule has 3 fully saturated rings. The molecule has 5 amide bonds. The highest BCUT2D eigenvalue weighted by Crippen LogP contribution is 2.37. The summed E-state index contributed by atoms with van der Waals surface area (Å²) < 4.78 is 7.42. The number of primary amides is 1. The number of hydrogen-bond donors (Lipinski definition) is 4. The molecular formula is C52H56N10O5. The molecule has 0 bridgehead atoms. The molecular weight excluding hydrogens is 845 g/mol. The number of nitrogens with two attached hydrogens (primary N) is 1. The average molecular weight is 901 g/mol. The van der Waals surface area contributed by atoms with E-state index in [0.717, 1.165) is 98.3 Å². The van der Waals surface area contributed by atoms with Crippen molar-refractivity contribution in [3.05, 3.63) is 125 Å². The Balaban J connectivity index is 0.736. The lowest BCUT2D eigenvalue weighted by molar-refractivity contribution is -0.120. The van der Waals surface area contributed by atoms with Crippen LogP contribution >= 0.6 is 0 Å². The van der Waals surface area contributed by atoms with Crippen molar-refractivity contribution in [1.29, 1.82) is 0 Å². The Hall–Kier alpha value is -7.39. The minimum absolute atomic E-state index is 0.225. The van der Waals surface area contributed by atoms with Crippen LogP contribution in [0.3, 0.4) is 0 Å². The molecule has 0 aliphatic carbocycles. The molecule has 4 aliphatic rings. The summed E-state index contributed by atoms with van der Waals surface area (Å²) in [5.74, 6) is 0.744. The Bertz CT molecular complexity index is 2850. The van der Waals surface area contributed by atoms with Crippen LogP contribution in [0.15, 0.2) is 103 Å². The van der Waals surface area contributed by atoms with Gasteiger partial charge in [-0.25, -0.2) is 9.48 Å². The van der Waals surface area contributed by atoms with Crippen LogP contribution in [0.25, 0.3) is 22.0 Å². The van der Waals surface area contributed by atoms with E-state index in [1.54, 1.807) is 12.0 Å². The zero-order valence-corrected chi connectivity index (χ0v) is 38.0. The summed E-state index contributed by atoms with van der Waals surface area (Å²) in [6, 6.07) is 33.2. The molecule has 0 unspecified atom stereocenters. The number of fused-ring (bicyclic) bond motifs is 3. The number of aryl methyl sites for hydroxylation is 2. The maximum atomic E-state index is 13.6. The molecule has 1 aromatic heterocycles. The smallest absolute Gasteiger partial charge is 0.328 e. The number of carbonyl (C=O) groups excluding carboxylic acids is 4. The second kappa shape index (κ2) is 18.5. The number of rotatable bonds is 11. The van der Waals surface area contributed by atoms with E-state index in [9.17, 15) is 19.2 Å². The predicted molar refractivity (Wildman–Crippen MR) is 262 cm³/mol. The monoisotopic (exact) mass is 900 g/mol. The molecule has 5 N–H and O–H groups in total. The van der Waals surface area contributed by atoms with Crippen molar-refractivity contribution in [2.45, 2.75) is 45.2 Å². The number of piperidine rings is 1. The molecule has 5 heterocycles. The molecule has 1 atom stereocenters. The van der Waals surface area contributed by atoms with Gasteiger partial charge in [-0.2, -0.15) is 5.10 Å². The molecule has 67 heavy (non-hydrogen) atoms. The van der Waals surface area contributed by atoms with Gasteiger partial charge in [0.1, 0.15) is 22.8 Å². The van der Waals surface area contributed by atoms with E-state index in [4.69, 9.17) is 15.6 Å². The number of piperazine rings is 1. The first-order valence-corrected chi connectivity index (χ1v) is 23.3. The van der Waals surface area contributed by atoms with Crippen molar-refractivity contribution in [3.8, 4) is 17.0 Å². The van der Waals surface area contributed by atoms with Gasteiger partial charge >= 0.3 is 6.03 Å². The van der Waals surface area contributed by atoms with Gasteiger partial charge in [-0.15, -0.1) is 0 Å². The standard InChI is InChI=1S/C52H56N10O5/c1-33(54-51(65)46-42-6-4-3-5-36(42)11-18-44(46)67-2)35-7-9-37(10-8-35)48-47(49(53)64)50-55-43-17-16-41(31-38(43)21-26-62(50)57-48)60-29-27-58(28-30-60)32-34-19-23-59(24-20-34)39-12-14-40(15-13-39)61-25-22-45(63)56-52(61)66/h3-18,31,33-34,55H,19-30,32H2,1-2H3,(H2,53,64)(H,54,65)(H,56,63,66)/t33-/m1/s1. The minimum Gasteiger partial charge on any atom is -0.496 e. The maximum Gasteiger partial charge on any atom is 0.328 e. The molecule has 15 heteroatoms. The molecule has 0 saturated carbocycles. The molecule has 344 valence electrons. The highest BCUT2D eigenvalue weighted by Gasteiger charge is 2.29. The number of aromatic nitrogens is 2. The number of ether oxygens (including phenoxy) is 1. The van der Waals surface area contributed by atoms with Gasteiger partial charge in [0.15, 0.2) is 0 Å². The van der Waals surface area contributed by atoms with Crippen molar-refractivity contribution in [1.82, 2.24) is 25.3 Å². The largest absolute Gasteiger partial charge is 0.496 e. The summed E-state index contributed by atoms with van der Waals surface area (Å²) in [5.41, 5.74) is 14.4. The van der Waals surface area contributed by atoms with Gasteiger partial charge in [0.25, 0.3) is 11.8 Å². The molecule has 4 aliphatic heterocycles. The Morgan fingerprint density at radius 2 is 1.49 bits per heavy atom. The number of nitrogens with one attached hydrogen (secondary N) is 3. The Kier molecular flexibility index (Phi) is 12.0. The summed E-state index contributed by atoms with van der Waals surface area (Å²) in [6.45, 7) is 9.99. The van der Waals surface area contributed by atoms with Crippen LogP contribution in [-0.2, 0) is 17.8 Å². The third-order valence-electron chi connectivity index (χ3n) is 14.0. The SMILES string of the molecule is COc1ccc2ccccc2c1C(=O)N[C@H](C)c1ccc(-c2nn3c(c2C(N)=O)Nc2ccc(N4CCN(CC5CCN(c6ccc(N7CCC(=O)NC7=O)cc6)CC5)CC4)cc2CC3)cc1. The Morgan fingerprint density at radius 1 is 0.776 bits per heavy atom. The number of amides is 5. The summed E-state index contributed by atoms with van der Waals surface area (Å²) in [7, 11) is 1.57. The Morgan fingerprint density at radius 3 is 2.22 bits per heavy atom. The van der Waals surface area contributed by atoms with Crippen LogP contribution in [0.2, 0.25) is 0 Å². The lowest BCUT2D eigenvalue weighted by atomic mass is 9.95. The van der Waals surface area contributed by atoms with Crippen LogP contribution in [0, 0.1) is 5.92 Å². The first-order valence-electron chi connectivity index (χ1n) is 23.3. The fourth-order valence-electron chi connectivity index (χ4n) is 10.2. The summed E-state index contributed by atoms with van der Waals surface area (Å²) >= 11 is 0. The lowest BCUT2D eigenvalue weighted by Gasteiger charge is -2.40. The maximum absolute atomic E-state index is 13.6. The normalized spacial score (nSPS) is 17.3. The van der Waals surface area contributed by atoms with Crippen LogP contribution in [0.1, 0.15) is 64.1 Å². The van der Waals surface area contributed by atoms with Crippen LogP contribution in [0.4, 0.5) is 33.4 Å². The van der Waals surface area contributed by atoms with E-state index in [0.29, 0.717) is 53.8 Å². The van der Waals surface area contributed by atoms with E-state index in [1.165, 1.54) is 16.9 Å². The van der Waals surface area contributed by atoms with E-state index in [1.807, 2.05) is 84.4 Å². The first-order chi connectivity index (χ1) is 32.6. The third-order valence-corrected chi connectivity index (χ3v) is 14.0. The number of carbonyl (C=O) groups is 4. The van der Waals surface area contributed by atoms with Crippen molar-refractivity contribution in [3.63, 3.8) is 0 Å². The number of urea groups is 1. The number of anilines is 5. The van der Waals surface area contributed by atoms with E-state index < -0.39 is 5.91 Å². The zero-order valence-electron chi connectivity index (χ0n) is 38.0. The highest BCUT2D eigenvalue weighted by molar-refractivity contribution is 6.10. The van der Waals surface area contributed by atoms with Crippen molar-refractivity contribution >= 4 is 63.1 Å². The van der Waals surface area contributed by atoms with Gasteiger partial charge in [-0.3, -0.25) is 29.5 Å². The molecule has 15 nitrogen and oxygen atoms in total. The number of nitrogens with zero attached hydrogens (tertiary/aromatic N) is 6. The summed E-state index contributed by atoms with van der Waals surface area (Å²) in [4.78, 5) is 59.7. The summed E-state index contributed by atoms with van der Waals surface area (Å²) in [6.07, 6.45) is 3.34. The number of methoxy groups -OCH3 is 1. The Labute approximate surface area is 389 Å². The predicted octanol–water partition coefficient (Wildman–Crippen LogP) is 7.09. The van der Waals surface area contributed by atoms with Crippen molar-refractivity contribution in [2.24, 2.45) is 11.7 Å². The second-order valence-electron chi connectivity index (χ2n) is 18.0. The van der Waals surface area contributed by atoms with E-state index >= 15 is 0 Å². The number of benzene rings is 5. The van der Waals surface area contributed by atoms with Crippen LogP contribution in [-0.4, -0.2) is 97.9 Å². The lowest BCUT2D eigenvalue weighted by Crippen LogP contribution is -2.49. The van der Waals surface area contributed by atoms with Crippen LogP contribution < -0.4 is 41.1 Å². The second-order valence-corrected chi connectivity index (χ2v) is 18.0. The van der Waals surface area contributed by atoms with Gasteiger partial charge < -0.3 is 30.9 Å². The molecule has 10 rings (SSSR count). The van der Waals surface area contributed by atoms with E-state index in [2.05, 4.69) is 61.0 Å². The molecule has 0 spiro atoms. The fourth-order valence-corrected chi connectivity index (χ4v) is 10.2. The molecule has 5 aromatic carbocycles. The van der Waals surface area contributed by atoms with Crippen molar-refractivity contribution < 1.29 is 23.9 Å². The van der Waals surface area contributed by atoms with Gasteiger partial charge in [-0.05, 0) is 103 Å². The van der Waals surface area contributed by atoms with Gasteiger partial charge in [0, 0.05) is 93.6 Å². The van der Waals surface area contributed by atoms with E-state index in [-0.39, 0.29) is 23.9 Å². The molecule has 0 radical (unpaired) electrons. The minimum atomic E-state index is -0.558. The average Bonchev–Trinajstić information content (AvgIpc) is 3.62. The molecule has 6 aromatic rings. The topological polar surface area (TPSA) is 170 Å². The summed E-state index contributed by atoms with van der Waals surface area (Å²) in [5, 5.41) is 15.8.